The average Bonchev–Trinajstić information content (AvgIpc) is 2.95. The van der Waals surface area contributed by atoms with E-state index in [0.29, 0.717) is 18.2 Å². The molecule has 1 saturated carbocycles. The van der Waals surface area contributed by atoms with Crippen LogP contribution in [0.3, 0.4) is 0 Å². The van der Waals surface area contributed by atoms with E-state index in [1.54, 1.807) is 0 Å². The first-order valence-corrected chi connectivity index (χ1v) is 6.61. The number of rotatable bonds is 6. The quantitative estimate of drug-likeness (QED) is 0.839. The summed E-state index contributed by atoms with van der Waals surface area (Å²) in [7, 11) is 0. The molecule has 0 atom stereocenters. The third kappa shape index (κ3) is 3.70. The Labute approximate surface area is 119 Å². The molecule has 0 spiro atoms. The van der Waals surface area contributed by atoms with Gasteiger partial charge in [0, 0.05) is 12.0 Å². The van der Waals surface area contributed by atoms with E-state index in [4.69, 9.17) is 10.3 Å². The van der Waals surface area contributed by atoms with Crippen molar-refractivity contribution in [2.75, 3.05) is 0 Å². The number of nitrogens with zero attached hydrogens (tertiary/aromatic N) is 1. The molecule has 1 fully saturated rings. The maximum atomic E-state index is 11.7. The first-order chi connectivity index (χ1) is 8.59. The Kier molecular flexibility index (Phi) is 5.38. The molecule has 1 amide bonds. The van der Waals surface area contributed by atoms with E-state index in [1.807, 2.05) is 6.07 Å². The van der Waals surface area contributed by atoms with Gasteiger partial charge in [0.05, 0.1) is 17.8 Å². The van der Waals surface area contributed by atoms with Crippen LogP contribution in [-0.4, -0.2) is 16.6 Å². The van der Waals surface area contributed by atoms with Crippen LogP contribution in [0.15, 0.2) is 10.6 Å². The Morgan fingerprint density at radius 3 is 2.68 bits per heavy atom. The van der Waals surface area contributed by atoms with Gasteiger partial charge in [0.15, 0.2) is 5.76 Å². The third-order valence-corrected chi connectivity index (χ3v) is 3.65. The van der Waals surface area contributed by atoms with E-state index in [2.05, 4.69) is 24.3 Å². The van der Waals surface area contributed by atoms with E-state index >= 15 is 0 Å². The molecule has 3 N–H and O–H groups in total. The molecule has 0 radical (unpaired) electrons. The predicted octanol–water partition coefficient (Wildman–Crippen LogP) is 2.11. The van der Waals surface area contributed by atoms with Gasteiger partial charge in [0.25, 0.3) is 0 Å². The molecular weight excluding hydrogens is 266 g/mol. The molecule has 5 nitrogen and oxygen atoms in total. The number of nitrogens with two attached hydrogens (primary N) is 1. The van der Waals surface area contributed by atoms with Gasteiger partial charge in [-0.1, -0.05) is 19.0 Å². The molecule has 2 rings (SSSR count). The SMILES string of the molecule is CCC(CC)c1cc(CNC(=O)C2(N)CC2)on1.Cl. The molecule has 1 aromatic rings. The topological polar surface area (TPSA) is 81.2 Å². The van der Waals surface area contributed by atoms with E-state index in [9.17, 15) is 4.79 Å². The Morgan fingerprint density at radius 1 is 1.53 bits per heavy atom. The number of carbonyl (C=O) groups is 1. The van der Waals surface area contributed by atoms with Gasteiger partial charge >= 0.3 is 0 Å². The summed E-state index contributed by atoms with van der Waals surface area (Å²) >= 11 is 0. The monoisotopic (exact) mass is 287 g/mol. The van der Waals surface area contributed by atoms with Crippen molar-refractivity contribution in [1.29, 1.82) is 0 Å². The molecule has 0 unspecified atom stereocenters. The van der Waals surface area contributed by atoms with Gasteiger partial charge in [-0.3, -0.25) is 4.79 Å². The lowest BCUT2D eigenvalue weighted by molar-refractivity contribution is -0.123. The van der Waals surface area contributed by atoms with Crippen LogP contribution in [0.4, 0.5) is 0 Å². The van der Waals surface area contributed by atoms with Crippen LogP contribution in [-0.2, 0) is 11.3 Å². The number of hydrogen-bond acceptors (Lipinski definition) is 4. The highest BCUT2D eigenvalue weighted by molar-refractivity contribution is 5.88. The number of aromatic nitrogens is 1. The predicted molar refractivity (Wildman–Crippen MR) is 75.1 cm³/mol. The number of nitrogens with one attached hydrogen (secondary N) is 1. The zero-order valence-electron chi connectivity index (χ0n) is 11.4. The van der Waals surface area contributed by atoms with Crippen LogP contribution in [0, 0.1) is 0 Å². The molecule has 0 saturated heterocycles. The van der Waals surface area contributed by atoms with Crippen molar-refractivity contribution >= 4 is 18.3 Å². The van der Waals surface area contributed by atoms with Crippen LogP contribution in [0.1, 0.15) is 56.9 Å². The summed E-state index contributed by atoms with van der Waals surface area (Å²) in [6, 6.07) is 1.92. The zero-order valence-corrected chi connectivity index (χ0v) is 12.3. The van der Waals surface area contributed by atoms with Crippen molar-refractivity contribution in [1.82, 2.24) is 10.5 Å². The van der Waals surface area contributed by atoms with Crippen molar-refractivity contribution < 1.29 is 9.32 Å². The second-order valence-electron chi connectivity index (χ2n) is 5.07. The minimum Gasteiger partial charge on any atom is -0.359 e. The van der Waals surface area contributed by atoms with Gasteiger partial charge < -0.3 is 15.6 Å². The van der Waals surface area contributed by atoms with Gasteiger partial charge in [-0.15, -0.1) is 12.4 Å². The minimum atomic E-state index is -0.627. The molecule has 0 aliphatic heterocycles. The number of halogens is 1. The van der Waals surface area contributed by atoms with Crippen LogP contribution in [0.5, 0.6) is 0 Å². The number of amides is 1. The van der Waals surface area contributed by atoms with Crippen LogP contribution in [0.2, 0.25) is 0 Å². The van der Waals surface area contributed by atoms with E-state index in [0.717, 1.165) is 31.4 Å². The van der Waals surface area contributed by atoms with Crippen LogP contribution < -0.4 is 11.1 Å². The Balaban J connectivity index is 0.00000180. The molecule has 1 aliphatic rings. The molecule has 1 aliphatic carbocycles. The fraction of sp³-hybridized carbons (Fsp3) is 0.692. The van der Waals surface area contributed by atoms with E-state index in [-0.39, 0.29) is 18.3 Å². The van der Waals surface area contributed by atoms with Crippen molar-refractivity contribution in [3.05, 3.63) is 17.5 Å². The van der Waals surface area contributed by atoms with Crippen molar-refractivity contribution in [3.63, 3.8) is 0 Å². The number of carbonyl (C=O) groups excluding carboxylic acids is 1. The molecule has 0 aromatic carbocycles. The molecule has 1 heterocycles. The smallest absolute Gasteiger partial charge is 0.240 e. The largest absolute Gasteiger partial charge is 0.359 e. The van der Waals surface area contributed by atoms with Crippen molar-refractivity contribution in [2.24, 2.45) is 5.73 Å². The second kappa shape index (κ2) is 6.39. The highest BCUT2D eigenvalue weighted by atomic mass is 35.5. The molecule has 108 valence electrons. The maximum Gasteiger partial charge on any atom is 0.240 e. The van der Waals surface area contributed by atoms with Crippen LogP contribution in [0.25, 0.3) is 0 Å². The summed E-state index contributed by atoms with van der Waals surface area (Å²) in [6.07, 6.45) is 3.63. The lowest BCUT2D eigenvalue weighted by Gasteiger charge is -2.08. The lowest BCUT2D eigenvalue weighted by atomic mass is 9.99. The van der Waals surface area contributed by atoms with Crippen LogP contribution >= 0.6 is 12.4 Å². The van der Waals surface area contributed by atoms with Crippen molar-refractivity contribution in [3.8, 4) is 0 Å². The average molecular weight is 288 g/mol. The summed E-state index contributed by atoms with van der Waals surface area (Å²) in [5.41, 5.74) is 6.14. The van der Waals surface area contributed by atoms with Crippen molar-refractivity contribution in [2.45, 2.75) is 57.5 Å². The van der Waals surface area contributed by atoms with Gasteiger partial charge in [-0.25, -0.2) is 0 Å². The zero-order chi connectivity index (χ0) is 13.2. The normalized spacial score (nSPS) is 16.0. The van der Waals surface area contributed by atoms with Gasteiger partial charge in [0.1, 0.15) is 0 Å². The number of hydrogen-bond donors (Lipinski definition) is 2. The Bertz CT molecular complexity index is 425. The standard InChI is InChI=1S/C13H21N3O2.ClH/c1-3-9(4-2)11-7-10(18-16-11)8-15-12(17)13(14)5-6-13;/h7,9H,3-6,8,14H2,1-2H3,(H,15,17);1H. The third-order valence-electron chi connectivity index (χ3n) is 3.65. The first kappa shape index (κ1) is 16.0. The Hall–Kier alpha value is -1.07. The maximum absolute atomic E-state index is 11.7. The van der Waals surface area contributed by atoms with E-state index < -0.39 is 5.54 Å². The summed E-state index contributed by atoms with van der Waals surface area (Å²) in [6.45, 7) is 4.63. The minimum absolute atomic E-state index is 0. The summed E-state index contributed by atoms with van der Waals surface area (Å²) < 4.78 is 5.23. The lowest BCUT2D eigenvalue weighted by Crippen LogP contribution is -2.42. The summed E-state index contributed by atoms with van der Waals surface area (Å²) in [5.74, 6) is 1.03. The van der Waals surface area contributed by atoms with Gasteiger partial charge in [-0.05, 0) is 25.7 Å². The summed E-state index contributed by atoms with van der Waals surface area (Å²) in [5, 5.41) is 6.85. The summed E-state index contributed by atoms with van der Waals surface area (Å²) in [4.78, 5) is 11.7. The van der Waals surface area contributed by atoms with Gasteiger partial charge in [-0.2, -0.15) is 0 Å². The molecular formula is C13H22ClN3O2. The fourth-order valence-electron chi connectivity index (χ4n) is 2.02. The van der Waals surface area contributed by atoms with Gasteiger partial charge in [0.2, 0.25) is 5.91 Å². The fourth-order valence-corrected chi connectivity index (χ4v) is 2.02. The highest BCUT2D eigenvalue weighted by Crippen LogP contribution is 2.32. The van der Waals surface area contributed by atoms with E-state index in [1.165, 1.54) is 0 Å². The molecule has 1 aromatic heterocycles. The molecule has 6 heteroatoms. The molecule has 19 heavy (non-hydrogen) atoms. The highest BCUT2D eigenvalue weighted by Gasteiger charge is 2.45. The second-order valence-corrected chi connectivity index (χ2v) is 5.07. The molecule has 0 bridgehead atoms. The first-order valence-electron chi connectivity index (χ1n) is 6.61. The Morgan fingerprint density at radius 2 is 2.16 bits per heavy atom.